The Bertz CT molecular complexity index is 729. The van der Waals surface area contributed by atoms with Gasteiger partial charge in [0.25, 0.3) is 0 Å². The molecule has 1 aromatic heterocycles. The average molecular weight is 385 g/mol. The van der Waals surface area contributed by atoms with Crippen LogP contribution in [0.5, 0.6) is 5.75 Å². The Labute approximate surface area is 168 Å². The van der Waals surface area contributed by atoms with Gasteiger partial charge in [0, 0.05) is 18.0 Å². The van der Waals surface area contributed by atoms with E-state index >= 15 is 0 Å². The van der Waals surface area contributed by atoms with Gasteiger partial charge in [0.1, 0.15) is 5.75 Å². The van der Waals surface area contributed by atoms with Crippen molar-refractivity contribution < 1.29 is 14.6 Å². The molecule has 5 heteroatoms. The number of benzene rings is 1. The van der Waals surface area contributed by atoms with Crippen molar-refractivity contribution in [3.63, 3.8) is 0 Å². The molecular weight excluding hydrogens is 352 g/mol. The van der Waals surface area contributed by atoms with E-state index in [0.29, 0.717) is 18.0 Å². The predicted molar refractivity (Wildman–Crippen MR) is 112 cm³/mol. The first-order valence-corrected chi connectivity index (χ1v) is 10.3. The summed E-state index contributed by atoms with van der Waals surface area (Å²) in [6.07, 6.45) is 12.9. The van der Waals surface area contributed by atoms with E-state index in [1.165, 1.54) is 44.1 Å². The third-order valence-electron chi connectivity index (χ3n) is 5.11. The van der Waals surface area contributed by atoms with E-state index in [2.05, 4.69) is 16.9 Å². The molecule has 0 radical (unpaired) electrons. The molecule has 0 fully saturated rings. The number of aryl methyl sites for hydroxylation is 1. The summed E-state index contributed by atoms with van der Waals surface area (Å²) in [5.74, 6) is 0.216. The number of nitrogens with zero attached hydrogens (tertiary/aromatic N) is 2. The maximum absolute atomic E-state index is 11.4. The summed E-state index contributed by atoms with van der Waals surface area (Å²) in [7, 11) is 0. The van der Waals surface area contributed by atoms with Crippen LogP contribution in [0, 0.1) is 0 Å². The molecule has 152 valence electrons. The second kappa shape index (κ2) is 10.8. The van der Waals surface area contributed by atoms with Crippen molar-refractivity contribution in [2.45, 2.75) is 77.7 Å². The number of unbranched alkanes of at least 4 members (excludes halogenated alkanes) is 5. The quantitative estimate of drug-likeness (QED) is 0.477. The van der Waals surface area contributed by atoms with Crippen molar-refractivity contribution in [3.8, 4) is 17.1 Å². The molecule has 0 aliphatic rings. The molecule has 0 aliphatic heterocycles. The van der Waals surface area contributed by atoms with Crippen molar-refractivity contribution in [2.24, 2.45) is 0 Å². The zero-order valence-electron chi connectivity index (χ0n) is 17.3. The Morgan fingerprint density at radius 1 is 1.00 bits per heavy atom. The summed E-state index contributed by atoms with van der Waals surface area (Å²) in [5.41, 5.74) is 0.822. The smallest absolute Gasteiger partial charge is 0.347 e. The number of carbonyl (C=O) groups is 1. The molecule has 28 heavy (non-hydrogen) atoms. The van der Waals surface area contributed by atoms with Gasteiger partial charge >= 0.3 is 5.97 Å². The van der Waals surface area contributed by atoms with Crippen LogP contribution in [0.3, 0.4) is 0 Å². The number of hydrogen-bond acceptors (Lipinski definition) is 4. The van der Waals surface area contributed by atoms with Crippen LogP contribution in [0.1, 0.15) is 71.3 Å². The van der Waals surface area contributed by atoms with E-state index in [4.69, 9.17) is 4.74 Å². The lowest BCUT2D eigenvalue weighted by Gasteiger charge is -2.24. The second-order valence-corrected chi connectivity index (χ2v) is 7.45. The van der Waals surface area contributed by atoms with Gasteiger partial charge in [0.05, 0.1) is 0 Å². The number of hydrogen-bond donors (Lipinski definition) is 1. The summed E-state index contributed by atoms with van der Waals surface area (Å²) >= 11 is 0. The number of ether oxygens (including phenoxy) is 1. The first-order chi connectivity index (χ1) is 13.5. The van der Waals surface area contributed by atoms with Gasteiger partial charge in [-0.1, -0.05) is 46.0 Å². The Morgan fingerprint density at radius 2 is 1.61 bits per heavy atom. The standard InChI is InChI=1S/C23H32N2O3/c1-4-6-7-8-9-10-11-18-16-24-21(25-17-18)19-12-14-20(15-13-19)28-23(3,5-2)22(26)27/h12-17H,4-11H2,1-3H3,(H,26,27). The zero-order chi connectivity index (χ0) is 20.4. The molecule has 1 N–H and O–H groups in total. The summed E-state index contributed by atoms with van der Waals surface area (Å²) in [6, 6.07) is 7.24. The van der Waals surface area contributed by atoms with Gasteiger partial charge in [-0.05, 0) is 56.0 Å². The van der Waals surface area contributed by atoms with Gasteiger partial charge in [-0.2, -0.15) is 0 Å². The number of carboxylic acid groups (broad SMARTS) is 1. The highest BCUT2D eigenvalue weighted by molar-refractivity contribution is 5.77. The van der Waals surface area contributed by atoms with E-state index in [1.54, 1.807) is 26.0 Å². The molecule has 1 aromatic carbocycles. The highest BCUT2D eigenvalue weighted by atomic mass is 16.5. The van der Waals surface area contributed by atoms with Crippen molar-refractivity contribution in [1.82, 2.24) is 9.97 Å². The van der Waals surface area contributed by atoms with Crippen LogP contribution in [0.15, 0.2) is 36.7 Å². The molecule has 5 nitrogen and oxygen atoms in total. The molecule has 1 unspecified atom stereocenters. The first kappa shape index (κ1) is 21.9. The SMILES string of the molecule is CCCCCCCCc1cnc(-c2ccc(OC(C)(CC)C(=O)O)cc2)nc1. The summed E-state index contributed by atoms with van der Waals surface area (Å²) < 4.78 is 5.66. The number of aliphatic carboxylic acids is 1. The minimum absolute atomic E-state index is 0.382. The average Bonchev–Trinajstić information content (AvgIpc) is 2.71. The van der Waals surface area contributed by atoms with Crippen LogP contribution in [0.25, 0.3) is 11.4 Å². The van der Waals surface area contributed by atoms with Crippen molar-refractivity contribution in [1.29, 1.82) is 0 Å². The molecule has 2 rings (SSSR count). The molecule has 0 aliphatic carbocycles. The lowest BCUT2D eigenvalue weighted by Crippen LogP contribution is -2.40. The van der Waals surface area contributed by atoms with Gasteiger partial charge in [-0.3, -0.25) is 0 Å². The highest BCUT2D eigenvalue weighted by Crippen LogP contribution is 2.24. The Balaban J connectivity index is 1.90. The van der Waals surface area contributed by atoms with Crippen LogP contribution in [0.2, 0.25) is 0 Å². The number of aromatic nitrogens is 2. The second-order valence-electron chi connectivity index (χ2n) is 7.45. The monoisotopic (exact) mass is 384 g/mol. The zero-order valence-corrected chi connectivity index (χ0v) is 17.3. The predicted octanol–water partition coefficient (Wildman–Crippen LogP) is 5.68. The molecule has 2 aromatic rings. The lowest BCUT2D eigenvalue weighted by molar-refractivity contribution is -0.154. The van der Waals surface area contributed by atoms with Crippen LogP contribution in [0.4, 0.5) is 0 Å². The van der Waals surface area contributed by atoms with Crippen LogP contribution < -0.4 is 4.74 Å². The third kappa shape index (κ3) is 6.32. The Kier molecular flexibility index (Phi) is 8.42. The van der Waals surface area contributed by atoms with Gasteiger partial charge in [0.2, 0.25) is 5.60 Å². The van der Waals surface area contributed by atoms with E-state index in [1.807, 2.05) is 24.5 Å². The minimum Gasteiger partial charge on any atom is -0.478 e. The van der Waals surface area contributed by atoms with E-state index in [-0.39, 0.29) is 0 Å². The normalized spacial score (nSPS) is 13.1. The third-order valence-corrected chi connectivity index (χ3v) is 5.11. The fourth-order valence-electron chi connectivity index (χ4n) is 2.94. The fraction of sp³-hybridized carbons (Fsp3) is 0.522. The van der Waals surface area contributed by atoms with Crippen molar-refractivity contribution in [3.05, 3.63) is 42.2 Å². The van der Waals surface area contributed by atoms with Crippen LogP contribution in [-0.2, 0) is 11.2 Å². The summed E-state index contributed by atoms with van der Waals surface area (Å²) in [4.78, 5) is 20.3. The van der Waals surface area contributed by atoms with E-state index in [9.17, 15) is 9.90 Å². The number of carboxylic acids is 1. The van der Waals surface area contributed by atoms with Gasteiger partial charge in [0.15, 0.2) is 5.82 Å². The summed E-state index contributed by atoms with van der Waals surface area (Å²) in [6.45, 7) is 5.61. The fourth-order valence-corrected chi connectivity index (χ4v) is 2.94. The Hall–Kier alpha value is -2.43. The van der Waals surface area contributed by atoms with Crippen LogP contribution in [-0.4, -0.2) is 26.6 Å². The Morgan fingerprint density at radius 3 is 2.18 bits per heavy atom. The van der Waals surface area contributed by atoms with Crippen LogP contribution >= 0.6 is 0 Å². The van der Waals surface area contributed by atoms with E-state index in [0.717, 1.165) is 12.0 Å². The van der Waals surface area contributed by atoms with Crippen molar-refractivity contribution in [2.75, 3.05) is 0 Å². The molecule has 0 amide bonds. The largest absolute Gasteiger partial charge is 0.478 e. The molecule has 0 spiro atoms. The molecular formula is C23H32N2O3. The topological polar surface area (TPSA) is 72.3 Å². The molecule has 0 saturated carbocycles. The molecule has 0 bridgehead atoms. The minimum atomic E-state index is -1.23. The maximum atomic E-state index is 11.4. The lowest BCUT2D eigenvalue weighted by atomic mass is 10.0. The molecule has 0 saturated heterocycles. The van der Waals surface area contributed by atoms with Crippen molar-refractivity contribution >= 4 is 5.97 Å². The summed E-state index contributed by atoms with van der Waals surface area (Å²) in [5, 5.41) is 9.32. The highest BCUT2D eigenvalue weighted by Gasteiger charge is 2.33. The number of rotatable bonds is 12. The van der Waals surface area contributed by atoms with E-state index < -0.39 is 11.6 Å². The van der Waals surface area contributed by atoms with Gasteiger partial charge < -0.3 is 9.84 Å². The molecule has 1 heterocycles. The van der Waals surface area contributed by atoms with Gasteiger partial charge in [-0.25, -0.2) is 14.8 Å². The first-order valence-electron chi connectivity index (χ1n) is 10.3. The van der Waals surface area contributed by atoms with Gasteiger partial charge in [-0.15, -0.1) is 0 Å². The maximum Gasteiger partial charge on any atom is 0.347 e. The molecule has 1 atom stereocenters.